The zero-order valence-electron chi connectivity index (χ0n) is 11.1. The van der Waals surface area contributed by atoms with Crippen molar-refractivity contribution in [2.75, 3.05) is 0 Å². The van der Waals surface area contributed by atoms with Gasteiger partial charge in [-0.15, -0.1) is 0 Å². The quantitative estimate of drug-likeness (QED) is 0.438. The minimum absolute atomic E-state index is 0.0221. The van der Waals surface area contributed by atoms with Crippen LogP contribution in [0.3, 0.4) is 0 Å². The molecule has 2 rings (SSSR count). The van der Waals surface area contributed by atoms with Crippen LogP contribution < -0.4 is 0 Å². The third-order valence-electron chi connectivity index (χ3n) is 4.04. The molecule has 1 aliphatic heterocycles. The molecule has 18 heavy (non-hydrogen) atoms. The number of ether oxygens (including phenoxy) is 1. The van der Waals surface area contributed by atoms with Crippen LogP contribution in [0.1, 0.15) is 39.5 Å². The van der Waals surface area contributed by atoms with Crippen LogP contribution in [0.4, 0.5) is 0 Å². The topological polar surface area (TPSA) is 43.4 Å². The van der Waals surface area contributed by atoms with Crippen LogP contribution in [0.25, 0.3) is 0 Å². The van der Waals surface area contributed by atoms with Crippen molar-refractivity contribution in [3.63, 3.8) is 0 Å². The van der Waals surface area contributed by atoms with Crippen LogP contribution in [-0.2, 0) is 14.3 Å². The summed E-state index contributed by atoms with van der Waals surface area (Å²) in [5.41, 5.74) is 1.93. The molecule has 0 spiro atoms. The summed E-state index contributed by atoms with van der Waals surface area (Å²) in [5, 5.41) is 0. The number of allylic oxidation sites excluding steroid dienone is 2. The van der Waals surface area contributed by atoms with Crippen molar-refractivity contribution in [2.45, 2.75) is 45.6 Å². The number of rotatable bonds is 3. The zero-order chi connectivity index (χ0) is 13.3. The van der Waals surface area contributed by atoms with Gasteiger partial charge < -0.3 is 9.53 Å². The van der Waals surface area contributed by atoms with Gasteiger partial charge in [-0.25, -0.2) is 4.79 Å². The minimum Gasteiger partial charge on any atom is -0.458 e. The number of hydrogen-bond acceptors (Lipinski definition) is 3. The summed E-state index contributed by atoms with van der Waals surface area (Å²) in [6.07, 6.45) is 5.26. The van der Waals surface area contributed by atoms with E-state index in [0.29, 0.717) is 17.9 Å². The van der Waals surface area contributed by atoms with Gasteiger partial charge in [0, 0.05) is 17.9 Å². The lowest BCUT2D eigenvalue weighted by Crippen LogP contribution is -2.17. The van der Waals surface area contributed by atoms with Crippen molar-refractivity contribution >= 4 is 11.8 Å². The number of carbonyl (C=O) groups excluding carboxylic acids is 2. The van der Waals surface area contributed by atoms with Crippen LogP contribution in [-0.4, -0.2) is 17.9 Å². The molecule has 0 bridgehead atoms. The van der Waals surface area contributed by atoms with Crippen LogP contribution in [0, 0.1) is 11.8 Å². The summed E-state index contributed by atoms with van der Waals surface area (Å²) in [7, 11) is 0. The van der Waals surface area contributed by atoms with Crippen molar-refractivity contribution in [1.29, 1.82) is 0 Å². The van der Waals surface area contributed by atoms with Crippen molar-refractivity contribution in [2.24, 2.45) is 11.8 Å². The summed E-state index contributed by atoms with van der Waals surface area (Å²) in [4.78, 5) is 22.5. The Kier molecular flexibility index (Phi) is 3.69. The molecule has 0 amide bonds. The molecule has 0 saturated carbocycles. The predicted octanol–water partition coefficient (Wildman–Crippen LogP) is 2.81. The summed E-state index contributed by atoms with van der Waals surface area (Å²) < 4.78 is 5.36. The molecule has 0 unspecified atom stereocenters. The fourth-order valence-electron chi connectivity index (χ4n) is 2.83. The fourth-order valence-corrected chi connectivity index (χ4v) is 2.83. The number of hydrogen-bond donors (Lipinski definition) is 0. The van der Waals surface area contributed by atoms with E-state index in [0.717, 1.165) is 19.3 Å². The summed E-state index contributed by atoms with van der Waals surface area (Å²) in [5.74, 6) is 0.494. The van der Waals surface area contributed by atoms with Gasteiger partial charge in [-0.1, -0.05) is 25.2 Å². The molecule has 3 heteroatoms. The van der Waals surface area contributed by atoms with Crippen LogP contribution in [0.2, 0.25) is 0 Å². The molecule has 3 nitrogen and oxygen atoms in total. The van der Waals surface area contributed by atoms with Gasteiger partial charge in [0.25, 0.3) is 0 Å². The Labute approximate surface area is 108 Å². The molecule has 1 aliphatic carbocycles. The average molecular weight is 248 g/mol. The van der Waals surface area contributed by atoms with Crippen molar-refractivity contribution < 1.29 is 14.3 Å². The first-order chi connectivity index (χ1) is 8.49. The number of esters is 1. The van der Waals surface area contributed by atoms with E-state index in [-0.39, 0.29) is 23.8 Å². The smallest absolute Gasteiger partial charge is 0.334 e. The van der Waals surface area contributed by atoms with E-state index in [1.54, 1.807) is 6.92 Å². The highest BCUT2D eigenvalue weighted by Gasteiger charge is 2.40. The van der Waals surface area contributed by atoms with Crippen molar-refractivity contribution in [1.82, 2.24) is 0 Å². The standard InChI is InChI=1S/C15H20O3/c1-9-8-14-13(11(3)15(17)18-14)7-6-12(9)5-4-10(2)16/h6,9,13-14H,3-5,7-8H2,1-2H3/t9-,13+,14+/m1/s1. The van der Waals surface area contributed by atoms with Gasteiger partial charge in [-0.05, 0) is 32.1 Å². The number of Topliss-reactive ketones (excluding diaryl/α,β-unsaturated/α-hetero) is 1. The van der Waals surface area contributed by atoms with Gasteiger partial charge in [0.1, 0.15) is 11.9 Å². The highest BCUT2D eigenvalue weighted by atomic mass is 16.6. The van der Waals surface area contributed by atoms with E-state index in [1.807, 2.05) is 0 Å². The first kappa shape index (κ1) is 13.1. The van der Waals surface area contributed by atoms with Gasteiger partial charge in [-0.2, -0.15) is 0 Å². The van der Waals surface area contributed by atoms with Gasteiger partial charge in [0.05, 0.1) is 0 Å². The summed E-state index contributed by atoms with van der Waals surface area (Å²) >= 11 is 0. The molecule has 3 atom stereocenters. The molecule has 0 aromatic carbocycles. The number of ketones is 1. The maximum absolute atomic E-state index is 11.5. The normalized spacial score (nSPS) is 31.4. The van der Waals surface area contributed by atoms with E-state index < -0.39 is 0 Å². The summed E-state index contributed by atoms with van der Waals surface area (Å²) in [6.45, 7) is 7.60. The lowest BCUT2D eigenvalue weighted by molar-refractivity contribution is -0.139. The molecule has 98 valence electrons. The van der Waals surface area contributed by atoms with E-state index in [9.17, 15) is 9.59 Å². The van der Waals surface area contributed by atoms with Crippen LogP contribution in [0.15, 0.2) is 23.8 Å². The van der Waals surface area contributed by atoms with E-state index in [4.69, 9.17) is 4.74 Å². The molecular formula is C15H20O3. The monoisotopic (exact) mass is 248 g/mol. The largest absolute Gasteiger partial charge is 0.458 e. The first-order valence-corrected chi connectivity index (χ1v) is 6.57. The third-order valence-corrected chi connectivity index (χ3v) is 4.04. The molecule has 1 heterocycles. The van der Waals surface area contributed by atoms with Gasteiger partial charge in [-0.3, -0.25) is 0 Å². The Morgan fingerprint density at radius 2 is 2.28 bits per heavy atom. The molecular weight excluding hydrogens is 228 g/mol. The van der Waals surface area contributed by atoms with Gasteiger partial charge >= 0.3 is 5.97 Å². The molecule has 0 aromatic rings. The van der Waals surface area contributed by atoms with E-state index in [2.05, 4.69) is 19.6 Å². The molecule has 2 aliphatic rings. The van der Waals surface area contributed by atoms with Crippen LogP contribution in [0.5, 0.6) is 0 Å². The zero-order valence-corrected chi connectivity index (χ0v) is 11.1. The van der Waals surface area contributed by atoms with E-state index >= 15 is 0 Å². The first-order valence-electron chi connectivity index (χ1n) is 6.57. The van der Waals surface area contributed by atoms with Gasteiger partial charge in [0.2, 0.25) is 0 Å². The molecule has 1 fully saturated rings. The average Bonchev–Trinajstić information content (AvgIpc) is 2.46. The fraction of sp³-hybridized carbons (Fsp3) is 0.600. The minimum atomic E-state index is -0.238. The maximum atomic E-state index is 11.5. The molecule has 1 saturated heterocycles. The molecule has 0 N–H and O–H groups in total. The Balaban J connectivity index is 2.08. The highest BCUT2D eigenvalue weighted by Crippen LogP contribution is 2.39. The maximum Gasteiger partial charge on any atom is 0.334 e. The third kappa shape index (κ3) is 2.55. The summed E-state index contributed by atoms with van der Waals surface area (Å²) in [6, 6.07) is 0. The second-order valence-electron chi connectivity index (χ2n) is 5.43. The Morgan fingerprint density at radius 3 is 2.94 bits per heavy atom. The SMILES string of the molecule is C=C1C(=O)O[C@H]2C[C@@H](C)C(CCC(C)=O)=CC[C@@H]12. The Hall–Kier alpha value is -1.38. The lowest BCUT2D eigenvalue weighted by Gasteiger charge is -2.18. The number of fused-ring (bicyclic) bond motifs is 1. The second-order valence-corrected chi connectivity index (χ2v) is 5.43. The van der Waals surface area contributed by atoms with Crippen molar-refractivity contribution in [3.05, 3.63) is 23.8 Å². The predicted molar refractivity (Wildman–Crippen MR) is 68.9 cm³/mol. The van der Waals surface area contributed by atoms with E-state index in [1.165, 1.54) is 5.57 Å². The van der Waals surface area contributed by atoms with Crippen LogP contribution >= 0.6 is 0 Å². The highest BCUT2D eigenvalue weighted by molar-refractivity contribution is 5.90. The molecule has 0 radical (unpaired) electrons. The van der Waals surface area contributed by atoms with Gasteiger partial charge in [0.15, 0.2) is 0 Å². The second kappa shape index (κ2) is 5.09. The number of carbonyl (C=O) groups is 2. The lowest BCUT2D eigenvalue weighted by atomic mass is 9.90. The Bertz CT molecular complexity index is 419. The Morgan fingerprint density at radius 1 is 1.56 bits per heavy atom. The molecule has 0 aromatic heterocycles. The van der Waals surface area contributed by atoms with Crippen molar-refractivity contribution in [3.8, 4) is 0 Å².